The Kier molecular flexibility index (Phi) is 4.21. The van der Waals surface area contributed by atoms with Crippen LogP contribution in [0.15, 0.2) is 12.3 Å². The van der Waals surface area contributed by atoms with Crippen molar-refractivity contribution < 1.29 is 0 Å². The van der Waals surface area contributed by atoms with Crippen LogP contribution in [0.1, 0.15) is 34.1 Å². The molecule has 1 unspecified atom stereocenters. The van der Waals surface area contributed by atoms with Gasteiger partial charge in [0.15, 0.2) is 0 Å². The SMILES string of the molecule is C=C(C(C)CC(C)(C)C)N1CCNCC1. The van der Waals surface area contributed by atoms with E-state index in [1.165, 1.54) is 12.1 Å². The van der Waals surface area contributed by atoms with Crippen LogP contribution in [-0.4, -0.2) is 31.1 Å². The molecule has 1 aliphatic rings. The summed E-state index contributed by atoms with van der Waals surface area (Å²) in [6.07, 6.45) is 1.22. The average molecular weight is 210 g/mol. The van der Waals surface area contributed by atoms with Gasteiger partial charge in [0.05, 0.1) is 0 Å². The summed E-state index contributed by atoms with van der Waals surface area (Å²) >= 11 is 0. The van der Waals surface area contributed by atoms with E-state index in [1.54, 1.807) is 0 Å². The molecule has 2 heteroatoms. The smallest absolute Gasteiger partial charge is 0.0300 e. The highest BCUT2D eigenvalue weighted by molar-refractivity contribution is 5.01. The van der Waals surface area contributed by atoms with Crippen molar-refractivity contribution in [2.75, 3.05) is 26.2 Å². The Morgan fingerprint density at radius 3 is 2.33 bits per heavy atom. The lowest BCUT2D eigenvalue weighted by Gasteiger charge is -2.35. The minimum absolute atomic E-state index is 0.399. The van der Waals surface area contributed by atoms with Crippen molar-refractivity contribution in [2.45, 2.75) is 34.1 Å². The van der Waals surface area contributed by atoms with Crippen molar-refractivity contribution >= 4 is 0 Å². The largest absolute Gasteiger partial charge is 0.373 e. The quantitative estimate of drug-likeness (QED) is 0.770. The van der Waals surface area contributed by atoms with E-state index >= 15 is 0 Å². The van der Waals surface area contributed by atoms with Gasteiger partial charge in [-0.3, -0.25) is 0 Å². The molecule has 15 heavy (non-hydrogen) atoms. The van der Waals surface area contributed by atoms with Crippen molar-refractivity contribution in [1.82, 2.24) is 10.2 Å². The molecule has 0 aromatic heterocycles. The molecule has 88 valence electrons. The fourth-order valence-corrected chi connectivity index (χ4v) is 2.30. The van der Waals surface area contributed by atoms with Crippen LogP contribution >= 0.6 is 0 Å². The third-order valence-corrected chi connectivity index (χ3v) is 3.01. The highest BCUT2D eigenvalue weighted by Gasteiger charge is 2.21. The number of piperazine rings is 1. The third-order valence-electron chi connectivity index (χ3n) is 3.01. The molecule has 1 heterocycles. The summed E-state index contributed by atoms with van der Waals surface area (Å²) in [5.74, 6) is 0.600. The molecule has 0 saturated carbocycles. The van der Waals surface area contributed by atoms with Gasteiger partial charge in [-0.25, -0.2) is 0 Å². The highest BCUT2D eigenvalue weighted by atomic mass is 15.2. The number of nitrogens with one attached hydrogen (secondary N) is 1. The summed E-state index contributed by atoms with van der Waals surface area (Å²) in [5.41, 5.74) is 1.72. The van der Waals surface area contributed by atoms with Gasteiger partial charge in [-0.05, 0) is 17.8 Å². The molecule has 0 bridgehead atoms. The van der Waals surface area contributed by atoms with Crippen molar-refractivity contribution in [3.8, 4) is 0 Å². The van der Waals surface area contributed by atoms with Crippen LogP contribution < -0.4 is 5.32 Å². The average Bonchev–Trinajstić information content (AvgIpc) is 2.15. The molecular formula is C13H26N2. The number of hydrogen-bond donors (Lipinski definition) is 1. The van der Waals surface area contributed by atoms with Gasteiger partial charge >= 0.3 is 0 Å². The van der Waals surface area contributed by atoms with Crippen LogP contribution in [-0.2, 0) is 0 Å². The highest BCUT2D eigenvalue weighted by Crippen LogP contribution is 2.29. The lowest BCUT2D eigenvalue weighted by molar-refractivity contribution is 0.240. The third kappa shape index (κ3) is 4.25. The fraction of sp³-hybridized carbons (Fsp3) is 0.846. The van der Waals surface area contributed by atoms with E-state index < -0.39 is 0 Å². The van der Waals surface area contributed by atoms with Crippen LogP contribution in [0.25, 0.3) is 0 Å². The first-order valence-electron chi connectivity index (χ1n) is 6.04. The summed E-state index contributed by atoms with van der Waals surface area (Å²) < 4.78 is 0. The Labute approximate surface area is 94.7 Å². The molecule has 1 N–H and O–H groups in total. The van der Waals surface area contributed by atoms with E-state index in [0.29, 0.717) is 11.3 Å². The van der Waals surface area contributed by atoms with Gasteiger partial charge in [-0.2, -0.15) is 0 Å². The fourth-order valence-electron chi connectivity index (χ4n) is 2.30. The second-order valence-electron chi connectivity index (χ2n) is 5.89. The maximum atomic E-state index is 4.26. The van der Waals surface area contributed by atoms with Crippen molar-refractivity contribution in [1.29, 1.82) is 0 Å². The molecule has 0 aromatic carbocycles. The molecule has 0 amide bonds. The molecule has 0 aliphatic carbocycles. The van der Waals surface area contributed by atoms with Crippen LogP contribution in [0.5, 0.6) is 0 Å². The van der Waals surface area contributed by atoms with Gasteiger partial charge in [0.25, 0.3) is 0 Å². The van der Waals surface area contributed by atoms with Gasteiger partial charge in [0.2, 0.25) is 0 Å². The Hall–Kier alpha value is -0.500. The lowest BCUT2D eigenvalue weighted by atomic mass is 9.84. The van der Waals surface area contributed by atoms with E-state index in [0.717, 1.165) is 26.2 Å². The van der Waals surface area contributed by atoms with Gasteiger partial charge in [-0.1, -0.05) is 34.3 Å². The molecule has 1 saturated heterocycles. The van der Waals surface area contributed by atoms with E-state index in [1.807, 2.05) is 0 Å². The molecule has 0 spiro atoms. The van der Waals surface area contributed by atoms with Gasteiger partial charge < -0.3 is 10.2 Å². The van der Waals surface area contributed by atoms with Crippen LogP contribution in [0, 0.1) is 11.3 Å². The maximum Gasteiger partial charge on any atom is 0.0300 e. The van der Waals surface area contributed by atoms with E-state index in [9.17, 15) is 0 Å². The van der Waals surface area contributed by atoms with E-state index in [-0.39, 0.29) is 0 Å². The molecule has 1 aliphatic heterocycles. The summed E-state index contributed by atoms with van der Waals surface area (Å²) in [6, 6.07) is 0. The number of allylic oxidation sites excluding steroid dienone is 1. The van der Waals surface area contributed by atoms with Gasteiger partial charge in [-0.15, -0.1) is 0 Å². The minimum atomic E-state index is 0.399. The van der Waals surface area contributed by atoms with E-state index in [4.69, 9.17) is 0 Å². The molecule has 0 aromatic rings. The Bertz CT molecular complexity index is 209. The molecular weight excluding hydrogens is 184 g/mol. The zero-order valence-corrected chi connectivity index (χ0v) is 10.8. The Morgan fingerprint density at radius 1 is 1.33 bits per heavy atom. The zero-order chi connectivity index (χ0) is 11.5. The second kappa shape index (κ2) is 5.02. The molecule has 1 rings (SSSR count). The zero-order valence-electron chi connectivity index (χ0n) is 10.8. The number of nitrogens with zero attached hydrogens (tertiary/aromatic N) is 1. The van der Waals surface area contributed by atoms with Crippen molar-refractivity contribution in [3.05, 3.63) is 12.3 Å². The molecule has 1 fully saturated rings. The molecule has 2 nitrogen and oxygen atoms in total. The van der Waals surface area contributed by atoms with Crippen molar-refractivity contribution in [2.24, 2.45) is 11.3 Å². The predicted octanol–water partition coefficient (Wildman–Crippen LogP) is 2.48. The molecule has 1 atom stereocenters. The monoisotopic (exact) mass is 210 g/mol. The minimum Gasteiger partial charge on any atom is -0.373 e. The summed E-state index contributed by atoms with van der Waals surface area (Å²) in [4.78, 5) is 2.44. The van der Waals surface area contributed by atoms with Crippen LogP contribution in [0.4, 0.5) is 0 Å². The predicted molar refractivity (Wildman–Crippen MR) is 66.8 cm³/mol. The number of hydrogen-bond acceptors (Lipinski definition) is 2. The first kappa shape index (κ1) is 12.6. The summed E-state index contributed by atoms with van der Waals surface area (Å²) in [7, 11) is 0. The van der Waals surface area contributed by atoms with Gasteiger partial charge in [0.1, 0.15) is 0 Å². The first-order valence-corrected chi connectivity index (χ1v) is 6.04. The van der Waals surface area contributed by atoms with Crippen LogP contribution in [0.2, 0.25) is 0 Å². The second-order valence-corrected chi connectivity index (χ2v) is 5.89. The van der Waals surface area contributed by atoms with Gasteiger partial charge in [0, 0.05) is 31.9 Å². The Balaban J connectivity index is 2.44. The Morgan fingerprint density at radius 2 is 1.87 bits per heavy atom. The summed E-state index contributed by atoms with van der Waals surface area (Å²) in [6.45, 7) is 17.9. The van der Waals surface area contributed by atoms with E-state index in [2.05, 4.69) is 44.5 Å². The lowest BCUT2D eigenvalue weighted by Crippen LogP contribution is -2.43. The van der Waals surface area contributed by atoms with Crippen LogP contribution in [0.3, 0.4) is 0 Å². The topological polar surface area (TPSA) is 15.3 Å². The number of rotatable bonds is 3. The maximum absolute atomic E-state index is 4.26. The summed E-state index contributed by atoms with van der Waals surface area (Å²) in [5, 5.41) is 3.37. The first-order chi connectivity index (χ1) is 6.90. The standard InChI is InChI=1S/C13H26N2/c1-11(10-13(3,4)5)12(2)15-8-6-14-7-9-15/h11,14H,2,6-10H2,1,3-5H3. The van der Waals surface area contributed by atoms with Crippen molar-refractivity contribution in [3.63, 3.8) is 0 Å². The normalized spacial score (nSPS) is 20.1. The molecule has 0 radical (unpaired) electrons.